The lowest BCUT2D eigenvalue weighted by molar-refractivity contribution is -0.129. The molecule has 0 bridgehead atoms. The molecular weight excluding hydrogens is 200 g/mol. The van der Waals surface area contributed by atoms with Gasteiger partial charge in [-0.2, -0.15) is 0 Å². The maximum Gasteiger partial charge on any atom is 0.293 e. The lowest BCUT2D eigenvalue weighted by Crippen LogP contribution is -1.94. The highest BCUT2D eigenvalue weighted by Gasteiger charge is 1.90. The highest BCUT2D eigenvalue weighted by molar-refractivity contribution is 5.44. The first kappa shape index (κ1) is 16.1. The first-order chi connectivity index (χ1) is 7.33. The van der Waals surface area contributed by atoms with E-state index in [0.717, 1.165) is 32.0 Å². The van der Waals surface area contributed by atoms with Gasteiger partial charge in [-0.25, -0.2) is 0 Å². The molecule has 0 unspecified atom stereocenters. The number of hydrogen-bond donors (Lipinski definition) is 0. The van der Waals surface area contributed by atoms with Crippen molar-refractivity contribution in [3.05, 3.63) is 0 Å². The normalized spacial score (nSPS) is 8.07. The lowest BCUT2D eigenvalue weighted by Gasteiger charge is -1.99. The highest BCUT2D eigenvalue weighted by Crippen LogP contribution is 1.99. The standard InChI is InChI=1S/C8H14O4.C2H4O/c9-7-11-5-3-1-2-4-6-12-8-10;1-2-3/h7-8H,1-6H2;2H,1H3. The van der Waals surface area contributed by atoms with Gasteiger partial charge in [0, 0.05) is 0 Å². The predicted molar refractivity (Wildman–Crippen MR) is 54.2 cm³/mol. The fourth-order valence-electron chi connectivity index (χ4n) is 0.821. The van der Waals surface area contributed by atoms with Gasteiger partial charge in [-0.3, -0.25) is 9.59 Å². The summed E-state index contributed by atoms with van der Waals surface area (Å²) in [6.07, 6.45) is 4.49. The van der Waals surface area contributed by atoms with Crippen LogP contribution in [-0.2, 0) is 23.9 Å². The maximum absolute atomic E-state index is 9.70. The Kier molecular flexibility index (Phi) is 19.7. The Labute approximate surface area is 89.7 Å². The van der Waals surface area contributed by atoms with Gasteiger partial charge in [0.15, 0.2) is 0 Å². The zero-order valence-corrected chi connectivity index (χ0v) is 9.02. The van der Waals surface area contributed by atoms with Crippen molar-refractivity contribution in [2.24, 2.45) is 0 Å². The number of hydrogen-bond acceptors (Lipinski definition) is 5. The largest absolute Gasteiger partial charge is 0.468 e. The summed E-state index contributed by atoms with van der Waals surface area (Å²) >= 11 is 0. The van der Waals surface area contributed by atoms with Crippen molar-refractivity contribution < 1.29 is 23.9 Å². The van der Waals surface area contributed by atoms with Gasteiger partial charge in [-0.05, 0) is 32.6 Å². The van der Waals surface area contributed by atoms with Crippen LogP contribution in [0, 0.1) is 0 Å². The maximum atomic E-state index is 9.70. The molecule has 0 aromatic heterocycles. The van der Waals surface area contributed by atoms with Gasteiger partial charge in [0.25, 0.3) is 12.9 Å². The van der Waals surface area contributed by atoms with Crippen LogP contribution in [-0.4, -0.2) is 32.4 Å². The molecule has 15 heavy (non-hydrogen) atoms. The van der Waals surface area contributed by atoms with Crippen LogP contribution >= 0.6 is 0 Å². The van der Waals surface area contributed by atoms with Crippen LogP contribution in [0.4, 0.5) is 0 Å². The van der Waals surface area contributed by atoms with E-state index >= 15 is 0 Å². The topological polar surface area (TPSA) is 69.7 Å². The summed E-state index contributed by atoms with van der Waals surface area (Å²) in [6.45, 7) is 3.32. The summed E-state index contributed by atoms with van der Waals surface area (Å²) in [6, 6.07) is 0. The van der Waals surface area contributed by atoms with Crippen LogP contribution in [0.15, 0.2) is 0 Å². The van der Waals surface area contributed by atoms with Crippen LogP contribution in [0.5, 0.6) is 0 Å². The minimum atomic E-state index is 0.454. The molecule has 0 aromatic carbocycles. The Morgan fingerprint density at radius 1 is 0.800 bits per heavy atom. The molecule has 0 fully saturated rings. The van der Waals surface area contributed by atoms with Crippen LogP contribution in [0.25, 0.3) is 0 Å². The molecule has 0 aliphatic carbocycles. The van der Waals surface area contributed by atoms with E-state index in [9.17, 15) is 9.59 Å². The number of unbranched alkanes of at least 4 members (excludes halogenated alkanes) is 3. The second-order valence-electron chi connectivity index (χ2n) is 2.58. The zero-order chi connectivity index (χ0) is 11.8. The van der Waals surface area contributed by atoms with E-state index < -0.39 is 0 Å². The van der Waals surface area contributed by atoms with Gasteiger partial charge in [0.05, 0.1) is 13.2 Å². The van der Waals surface area contributed by atoms with Crippen molar-refractivity contribution in [1.82, 2.24) is 0 Å². The molecule has 0 heterocycles. The van der Waals surface area contributed by atoms with Crippen molar-refractivity contribution in [3.8, 4) is 0 Å². The van der Waals surface area contributed by atoms with Crippen LogP contribution in [0.1, 0.15) is 32.6 Å². The molecule has 0 N–H and O–H groups in total. The third-order valence-electron chi connectivity index (χ3n) is 1.41. The first-order valence-corrected chi connectivity index (χ1v) is 4.83. The second-order valence-corrected chi connectivity index (χ2v) is 2.58. The Balaban J connectivity index is 0. The van der Waals surface area contributed by atoms with E-state index in [1.54, 1.807) is 0 Å². The molecule has 0 aliphatic heterocycles. The number of carbonyl (C=O) groups is 3. The van der Waals surface area contributed by atoms with Gasteiger partial charge >= 0.3 is 0 Å². The van der Waals surface area contributed by atoms with Crippen molar-refractivity contribution in [3.63, 3.8) is 0 Å². The molecule has 0 aromatic rings. The van der Waals surface area contributed by atoms with Crippen LogP contribution < -0.4 is 0 Å². The molecule has 0 aliphatic rings. The summed E-state index contributed by atoms with van der Waals surface area (Å²) in [5.74, 6) is 0. The van der Waals surface area contributed by atoms with Crippen molar-refractivity contribution in [1.29, 1.82) is 0 Å². The van der Waals surface area contributed by atoms with E-state index in [4.69, 9.17) is 4.79 Å². The van der Waals surface area contributed by atoms with E-state index in [-0.39, 0.29) is 0 Å². The Hall–Kier alpha value is -1.39. The number of aldehydes is 1. The van der Waals surface area contributed by atoms with E-state index in [1.165, 1.54) is 6.92 Å². The minimum Gasteiger partial charge on any atom is -0.468 e. The SMILES string of the molecule is CC=O.O=COCCCCCCOC=O. The molecule has 0 spiro atoms. The smallest absolute Gasteiger partial charge is 0.293 e. The highest BCUT2D eigenvalue weighted by atomic mass is 16.5. The molecule has 5 nitrogen and oxygen atoms in total. The molecule has 88 valence electrons. The van der Waals surface area contributed by atoms with Gasteiger partial charge in [-0.1, -0.05) is 0 Å². The molecular formula is C10H18O5. The number of ether oxygens (including phenoxy) is 2. The lowest BCUT2D eigenvalue weighted by atomic mass is 10.2. The minimum absolute atomic E-state index is 0.454. The first-order valence-electron chi connectivity index (χ1n) is 4.83. The Morgan fingerprint density at radius 2 is 1.13 bits per heavy atom. The summed E-state index contributed by atoms with van der Waals surface area (Å²) in [5, 5.41) is 0. The van der Waals surface area contributed by atoms with Crippen LogP contribution in [0.2, 0.25) is 0 Å². The zero-order valence-electron chi connectivity index (χ0n) is 9.02. The summed E-state index contributed by atoms with van der Waals surface area (Å²) < 4.78 is 8.99. The van der Waals surface area contributed by atoms with E-state index in [0.29, 0.717) is 26.2 Å². The average molecular weight is 218 g/mol. The summed E-state index contributed by atoms with van der Waals surface area (Å²) in [4.78, 5) is 28.2. The fourth-order valence-corrected chi connectivity index (χ4v) is 0.821. The summed E-state index contributed by atoms with van der Waals surface area (Å²) in [7, 11) is 0. The molecule has 0 rings (SSSR count). The van der Waals surface area contributed by atoms with E-state index in [2.05, 4.69) is 9.47 Å². The fraction of sp³-hybridized carbons (Fsp3) is 0.700. The third kappa shape index (κ3) is 24.5. The predicted octanol–water partition coefficient (Wildman–Crippen LogP) is 1.10. The van der Waals surface area contributed by atoms with Gasteiger partial charge in [0.1, 0.15) is 6.29 Å². The van der Waals surface area contributed by atoms with Crippen LogP contribution in [0.3, 0.4) is 0 Å². The van der Waals surface area contributed by atoms with Gasteiger partial charge in [-0.15, -0.1) is 0 Å². The van der Waals surface area contributed by atoms with Crippen molar-refractivity contribution in [2.45, 2.75) is 32.6 Å². The molecule has 0 amide bonds. The van der Waals surface area contributed by atoms with E-state index in [1.807, 2.05) is 0 Å². The van der Waals surface area contributed by atoms with Gasteiger partial charge < -0.3 is 14.3 Å². The number of rotatable bonds is 9. The molecule has 0 saturated heterocycles. The Bertz CT molecular complexity index is 133. The molecule has 0 saturated carbocycles. The molecule has 0 radical (unpaired) electrons. The summed E-state index contributed by atoms with van der Waals surface area (Å²) in [5.41, 5.74) is 0. The monoisotopic (exact) mass is 218 g/mol. The van der Waals surface area contributed by atoms with Gasteiger partial charge in [0.2, 0.25) is 0 Å². The molecule has 0 atom stereocenters. The quantitative estimate of drug-likeness (QED) is 0.428. The Morgan fingerprint density at radius 3 is 1.40 bits per heavy atom. The average Bonchev–Trinajstić information content (AvgIpc) is 2.23. The number of carbonyl (C=O) groups excluding carboxylic acids is 3. The van der Waals surface area contributed by atoms with Crippen molar-refractivity contribution in [2.75, 3.05) is 13.2 Å². The van der Waals surface area contributed by atoms with Crippen molar-refractivity contribution >= 4 is 19.2 Å². The molecule has 5 heteroatoms. The third-order valence-corrected chi connectivity index (χ3v) is 1.41. The second kappa shape index (κ2) is 18.4.